The number of benzene rings is 9. The lowest BCUT2D eigenvalue weighted by Crippen LogP contribution is -2.37. The summed E-state index contributed by atoms with van der Waals surface area (Å²) in [6.07, 6.45) is -0.0751. The fourth-order valence-electron chi connectivity index (χ4n) is 9.48. The number of hydrogen-bond donors (Lipinski definition) is 2. The molecule has 0 amide bonds. The third-order valence-corrected chi connectivity index (χ3v) is 12.2. The van der Waals surface area contributed by atoms with E-state index in [1.807, 2.05) is 0 Å². The monoisotopic (exact) mass is 742 g/mol. The lowest BCUT2D eigenvalue weighted by molar-refractivity contribution is 0.507. The smallest absolute Gasteiger partial charge is 0.104 e. The summed E-state index contributed by atoms with van der Waals surface area (Å²) in [7, 11) is 0. The first-order chi connectivity index (χ1) is 28.8. The van der Waals surface area contributed by atoms with Gasteiger partial charge in [-0.25, -0.2) is 0 Å². The summed E-state index contributed by atoms with van der Waals surface area (Å²) < 4.78 is 4.82. The van der Waals surface area contributed by atoms with E-state index < -0.39 is 0 Å². The number of rotatable bonds is 5. The molecule has 9 aromatic carbocycles. The van der Waals surface area contributed by atoms with E-state index in [1.165, 1.54) is 87.9 Å². The first kappa shape index (κ1) is 32.8. The third kappa shape index (κ3) is 5.12. The van der Waals surface area contributed by atoms with Crippen molar-refractivity contribution in [3.05, 3.63) is 223 Å². The van der Waals surface area contributed by atoms with Gasteiger partial charge < -0.3 is 14.5 Å². The Bertz CT molecular complexity index is 3280. The standard InChI is InChI=1S/C54H38N4/c1-2-12-35(13-3-1)36-22-24-39(25-23-36)54-55-52(46-32-28-37-14-4-5-15-42(37)53(46)56-54)38-26-29-40(30-27-38)57-50-21-11-8-18-45(50)47-34-41(31-33-51(47)57)58-48-19-9-6-16-43(48)44-17-7-10-20-49(44)58/h1-34,52,54-56H. The van der Waals surface area contributed by atoms with Crippen LogP contribution >= 0.6 is 0 Å². The number of aromatic nitrogens is 2. The molecule has 0 fully saturated rings. The predicted octanol–water partition coefficient (Wildman–Crippen LogP) is 13.5. The lowest BCUT2D eigenvalue weighted by Gasteiger charge is -2.36. The molecule has 11 aromatic rings. The van der Waals surface area contributed by atoms with E-state index in [4.69, 9.17) is 0 Å². The zero-order valence-electron chi connectivity index (χ0n) is 31.7. The number of nitrogens with zero attached hydrogens (tertiary/aromatic N) is 2. The molecule has 0 bridgehead atoms. The van der Waals surface area contributed by atoms with Gasteiger partial charge in [0.05, 0.1) is 28.1 Å². The van der Waals surface area contributed by atoms with Gasteiger partial charge in [0.2, 0.25) is 0 Å². The second kappa shape index (κ2) is 13.1. The minimum absolute atomic E-state index is 0.0133. The molecule has 1 aliphatic rings. The fraction of sp³-hybridized carbons (Fsp3) is 0.0370. The molecule has 0 radical (unpaired) electrons. The third-order valence-electron chi connectivity index (χ3n) is 12.2. The number of fused-ring (bicyclic) bond motifs is 9. The van der Waals surface area contributed by atoms with Crippen LogP contribution in [0.2, 0.25) is 0 Å². The molecular formula is C54H38N4. The highest BCUT2D eigenvalue weighted by Crippen LogP contribution is 2.42. The van der Waals surface area contributed by atoms with Crippen molar-refractivity contribution >= 4 is 60.1 Å². The summed E-state index contributed by atoms with van der Waals surface area (Å²) in [6, 6.07) is 75.1. The van der Waals surface area contributed by atoms with Gasteiger partial charge in [0.1, 0.15) is 6.17 Å². The maximum absolute atomic E-state index is 4.00. The van der Waals surface area contributed by atoms with E-state index in [0.717, 1.165) is 11.4 Å². The van der Waals surface area contributed by atoms with Crippen molar-refractivity contribution in [1.82, 2.24) is 14.5 Å². The molecule has 2 atom stereocenters. The van der Waals surface area contributed by atoms with Gasteiger partial charge in [-0.3, -0.25) is 5.32 Å². The first-order valence-corrected chi connectivity index (χ1v) is 20.1. The van der Waals surface area contributed by atoms with E-state index in [9.17, 15) is 0 Å². The van der Waals surface area contributed by atoms with Crippen LogP contribution < -0.4 is 10.6 Å². The summed E-state index contributed by atoms with van der Waals surface area (Å²) in [5, 5.41) is 15.4. The quantitative estimate of drug-likeness (QED) is 0.184. The normalized spacial score (nSPS) is 15.3. The van der Waals surface area contributed by atoms with Crippen molar-refractivity contribution in [3.63, 3.8) is 0 Å². The molecule has 0 aliphatic carbocycles. The Morgan fingerprint density at radius 3 is 1.57 bits per heavy atom. The summed E-state index contributed by atoms with van der Waals surface area (Å²) in [5.41, 5.74) is 14.4. The number of para-hydroxylation sites is 3. The summed E-state index contributed by atoms with van der Waals surface area (Å²) in [6.45, 7) is 0. The lowest BCUT2D eigenvalue weighted by atomic mass is 9.90. The van der Waals surface area contributed by atoms with Crippen molar-refractivity contribution < 1.29 is 0 Å². The van der Waals surface area contributed by atoms with E-state index in [-0.39, 0.29) is 12.2 Å². The van der Waals surface area contributed by atoms with Crippen LogP contribution in [0.15, 0.2) is 206 Å². The molecule has 0 saturated carbocycles. The second-order valence-electron chi connectivity index (χ2n) is 15.4. The highest BCUT2D eigenvalue weighted by molar-refractivity contribution is 6.12. The minimum atomic E-state index is -0.0751. The Labute approximate surface area is 336 Å². The zero-order valence-corrected chi connectivity index (χ0v) is 31.7. The number of anilines is 1. The highest BCUT2D eigenvalue weighted by atomic mass is 15.2. The van der Waals surface area contributed by atoms with Crippen LogP contribution in [0.1, 0.15) is 28.9 Å². The second-order valence-corrected chi connectivity index (χ2v) is 15.4. The van der Waals surface area contributed by atoms with Crippen LogP contribution in [0.4, 0.5) is 5.69 Å². The number of nitrogens with one attached hydrogen (secondary N) is 2. The van der Waals surface area contributed by atoms with Crippen molar-refractivity contribution in [3.8, 4) is 22.5 Å². The molecular weight excluding hydrogens is 705 g/mol. The Morgan fingerprint density at radius 1 is 0.362 bits per heavy atom. The van der Waals surface area contributed by atoms with Crippen LogP contribution in [0, 0.1) is 0 Å². The Balaban J connectivity index is 0.951. The summed E-state index contributed by atoms with van der Waals surface area (Å²) >= 11 is 0. The molecule has 0 spiro atoms. The predicted molar refractivity (Wildman–Crippen MR) is 242 cm³/mol. The average Bonchev–Trinajstić information content (AvgIpc) is 3.81. The van der Waals surface area contributed by atoms with Gasteiger partial charge in [-0.1, -0.05) is 158 Å². The molecule has 3 heterocycles. The molecule has 4 heteroatoms. The molecule has 2 unspecified atom stereocenters. The maximum atomic E-state index is 4.00. The van der Waals surface area contributed by atoms with E-state index in [0.29, 0.717) is 0 Å². The van der Waals surface area contributed by atoms with Gasteiger partial charge in [0.25, 0.3) is 0 Å². The molecule has 0 saturated heterocycles. The summed E-state index contributed by atoms with van der Waals surface area (Å²) in [5.74, 6) is 0. The van der Waals surface area contributed by atoms with Gasteiger partial charge >= 0.3 is 0 Å². The van der Waals surface area contributed by atoms with Crippen molar-refractivity contribution in [1.29, 1.82) is 0 Å². The highest BCUT2D eigenvalue weighted by Gasteiger charge is 2.29. The molecule has 274 valence electrons. The van der Waals surface area contributed by atoms with Gasteiger partial charge in [-0.15, -0.1) is 0 Å². The van der Waals surface area contributed by atoms with Crippen molar-refractivity contribution in [2.75, 3.05) is 5.32 Å². The van der Waals surface area contributed by atoms with Crippen molar-refractivity contribution in [2.45, 2.75) is 12.2 Å². The Kier molecular flexibility index (Phi) is 7.40. The van der Waals surface area contributed by atoms with E-state index in [2.05, 4.69) is 226 Å². The molecule has 1 aliphatic heterocycles. The average molecular weight is 743 g/mol. The van der Waals surface area contributed by atoms with Crippen LogP contribution in [0.25, 0.3) is 76.9 Å². The molecule has 12 rings (SSSR count). The number of hydrogen-bond acceptors (Lipinski definition) is 2. The molecule has 2 N–H and O–H groups in total. The fourth-order valence-corrected chi connectivity index (χ4v) is 9.48. The molecule has 58 heavy (non-hydrogen) atoms. The molecule has 2 aromatic heterocycles. The van der Waals surface area contributed by atoms with Crippen molar-refractivity contribution in [2.24, 2.45) is 0 Å². The first-order valence-electron chi connectivity index (χ1n) is 20.1. The topological polar surface area (TPSA) is 33.9 Å². The van der Waals surface area contributed by atoms with Gasteiger partial charge in [-0.2, -0.15) is 0 Å². The Hall–Kier alpha value is -7.40. The minimum Gasteiger partial charge on any atom is -0.365 e. The summed E-state index contributed by atoms with van der Waals surface area (Å²) in [4.78, 5) is 0. The van der Waals surface area contributed by atoms with Crippen LogP contribution in [0.3, 0.4) is 0 Å². The molecule has 4 nitrogen and oxygen atoms in total. The van der Waals surface area contributed by atoms with E-state index >= 15 is 0 Å². The largest absolute Gasteiger partial charge is 0.365 e. The van der Waals surface area contributed by atoms with Gasteiger partial charge in [0, 0.05) is 44.0 Å². The van der Waals surface area contributed by atoms with Gasteiger partial charge in [-0.05, 0) is 81.7 Å². The van der Waals surface area contributed by atoms with Crippen LogP contribution in [-0.4, -0.2) is 9.13 Å². The SMILES string of the molecule is c1ccc(-c2ccc(C3Nc4c(ccc5ccccc45)C(c4ccc(-n5c6ccccc6c6cc(-n7c8ccccc8c8ccccc87)ccc65)cc4)N3)cc2)cc1. The zero-order chi connectivity index (χ0) is 38.2. The van der Waals surface area contributed by atoms with Crippen LogP contribution in [-0.2, 0) is 0 Å². The van der Waals surface area contributed by atoms with E-state index in [1.54, 1.807) is 0 Å². The Morgan fingerprint density at radius 2 is 0.879 bits per heavy atom. The van der Waals surface area contributed by atoms with Crippen LogP contribution in [0.5, 0.6) is 0 Å². The maximum Gasteiger partial charge on any atom is 0.104 e. The van der Waals surface area contributed by atoms with Gasteiger partial charge in [0.15, 0.2) is 0 Å².